The number of hydrogen-bond donors (Lipinski definition) is 0. The van der Waals surface area contributed by atoms with Crippen LogP contribution in [0.25, 0.3) is 93.6 Å². The minimum Gasteiger partial charge on any atom is -0.456 e. The van der Waals surface area contributed by atoms with Crippen molar-refractivity contribution in [1.82, 2.24) is 4.57 Å². The van der Waals surface area contributed by atoms with E-state index in [0.29, 0.717) is 0 Å². The van der Waals surface area contributed by atoms with Gasteiger partial charge in [-0.05, 0) is 111 Å². The Bertz CT molecular complexity index is 3570. The third kappa shape index (κ3) is 5.90. The van der Waals surface area contributed by atoms with E-state index in [4.69, 9.17) is 4.42 Å². The Morgan fingerprint density at radius 2 is 0.951 bits per heavy atom. The van der Waals surface area contributed by atoms with Gasteiger partial charge in [0.15, 0.2) is 0 Å². The minimum absolute atomic E-state index is 0.843. The molecule has 0 saturated carbocycles. The van der Waals surface area contributed by atoms with Gasteiger partial charge in [-0.2, -0.15) is 0 Å². The molecule has 0 aliphatic heterocycles. The maximum absolute atomic E-state index is 6.94. The average Bonchev–Trinajstić information content (AvgIpc) is 3.88. The molecule has 0 aliphatic rings. The fraction of sp³-hybridized carbons (Fsp3) is 0. The van der Waals surface area contributed by atoms with Gasteiger partial charge in [-0.25, -0.2) is 0 Å². The Morgan fingerprint density at radius 3 is 1.74 bits per heavy atom. The molecule has 0 aliphatic carbocycles. The molecule has 2 aromatic heterocycles. The zero-order valence-electron chi connectivity index (χ0n) is 33.2. The number of furan rings is 1. The molecular weight excluding hydrogens is 741 g/mol. The molecule has 3 nitrogen and oxygen atoms in total. The topological polar surface area (TPSA) is 21.3 Å². The monoisotopic (exact) mass is 778 g/mol. The summed E-state index contributed by atoms with van der Waals surface area (Å²) in [5.74, 6) is 0. The molecule has 12 aromatic rings. The Labute approximate surface area is 353 Å². The third-order valence-electron chi connectivity index (χ3n) is 12.1. The van der Waals surface area contributed by atoms with Gasteiger partial charge in [-0.15, -0.1) is 0 Å². The van der Waals surface area contributed by atoms with Gasteiger partial charge in [0.25, 0.3) is 0 Å². The van der Waals surface area contributed by atoms with Crippen molar-refractivity contribution >= 4 is 71.6 Å². The van der Waals surface area contributed by atoms with E-state index in [1.165, 1.54) is 49.3 Å². The normalized spacial score (nSPS) is 11.6. The largest absolute Gasteiger partial charge is 0.456 e. The summed E-state index contributed by atoms with van der Waals surface area (Å²) in [7, 11) is 0. The van der Waals surface area contributed by atoms with E-state index >= 15 is 0 Å². The van der Waals surface area contributed by atoms with Crippen molar-refractivity contribution in [2.75, 3.05) is 4.90 Å². The first-order chi connectivity index (χ1) is 30.2. The molecule has 12 rings (SSSR count). The molecule has 0 N–H and O–H groups in total. The van der Waals surface area contributed by atoms with Crippen molar-refractivity contribution in [2.45, 2.75) is 0 Å². The first-order valence-corrected chi connectivity index (χ1v) is 20.8. The molecular formula is C58H38N2O. The Kier molecular flexibility index (Phi) is 8.17. The molecule has 0 amide bonds. The van der Waals surface area contributed by atoms with Crippen molar-refractivity contribution in [3.63, 3.8) is 0 Å². The fourth-order valence-electron chi connectivity index (χ4n) is 9.34. The lowest BCUT2D eigenvalue weighted by Crippen LogP contribution is -2.10. The molecule has 0 bridgehead atoms. The zero-order chi connectivity index (χ0) is 40.3. The smallest absolute Gasteiger partial charge is 0.138 e. The van der Waals surface area contributed by atoms with Crippen LogP contribution in [0.15, 0.2) is 235 Å². The van der Waals surface area contributed by atoms with Gasteiger partial charge < -0.3 is 13.9 Å². The predicted molar refractivity (Wildman–Crippen MR) is 257 cm³/mol. The summed E-state index contributed by atoms with van der Waals surface area (Å²) in [6.45, 7) is 0. The number of anilines is 3. The number of fused-ring (bicyclic) bond motifs is 8. The van der Waals surface area contributed by atoms with Gasteiger partial charge in [0.2, 0.25) is 0 Å². The van der Waals surface area contributed by atoms with Crippen molar-refractivity contribution in [2.24, 2.45) is 0 Å². The first-order valence-electron chi connectivity index (χ1n) is 20.8. The molecule has 0 fully saturated rings. The second kappa shape index (κ2) is 14.3. The third-order valence-corrected chi connectivity index (χ3v) is 12.1. The molecule has 3 heteroatoms. The van der Waals surface area contributed by atoms with Crippen LogP contribution in [0.4, 0.5) is 17.1 Å². The summed E-state index contributed by atoms with van der Waals surface area (Å²) < 4.78 is 9.32. The second-order valence-electron chi connectivity index (χ2n) is 15.7. The molecule has 10 aromatic carbocycles. The summed E-state index contributed by atoms with van der Waals surface area (Å²) in [6, 6.07) is 82.8. The summed E-state index contributed by atoms with van der Waals surface area (Å²) in [6.07, 6.45) is 0. The molecule has 0 atom stereocenters. The van der Waals surface area contributed by atoms with Crippen LogP contribution in [0.2, 0.25) is 0 Å². The Hall–Kier alpha value is -8.14. The molecule has 0 saturated heterocycles. The number of para-hydroxylation sites is 2. The lowest BCUT2D eigenvalue weighted by atomic mass is 9.94. The molecule has 0 radical (unpaired) electrons. The van der Waals surface area contributed by atoms with Crippen molar-refractivity contribution in [1.29, 1.82) is 0 Å². The summed E-state index contributed by atoms with van der Waals surface area (Å²) in [5, 5.41) is 7.03. The minimum atomic E-state index is 0.843. The second-order valence-corrected chi connectivity index (χ2v) is 15.7. The van der Waals surface area contributed by atoms with Crippen molar-refractivity contribution in [3.8, 4) is 39.1 Å². The van der Waals surface area contributed by atoms with Crippen molar-refractivity contribution < 1.29 is 4.42 Å². The fourth-order valence-corrected chi connectivity index (χ4v) is 9.34. The number of nitrogens with zero attached hydrogens (tertiary/aromatic N) is 2. The van der Waals surface area contributed by atoms with Crippen LogP contribution in [0, 0.1) is 0 Å². The maximum Gasteiger partial charge on any atom is 0.138 e. The van der Waals surface area contributed by atoms with Crippen LogP contribution < -0.4 is 4.90 Å². The highest BCUT2D eigenvalue weighted by Gasteiger charge is 2.22. The molecule has 2 heterocycles. The summed E-state index contributed by atoms with van der Waals surface area (Å²) in [4.78, 5) is 2.37. The lowest BCUT2D eigenvalue weighted by Gasteiger charge is -2.27. The quantitative estimate of drug-likeness (QED) is 0.161. The van der Waals surface area contributed by atoms with Crippen molar-refractivity contribution in [3.05, 3.63) is 231 Å². The van der Waals surface area contributed by atoms with Crippen LogP contribution in [0.3, 0.4) is 0 Å². The van der Waals surface area contributed by atoms with Crippen LogP contribution in [-0.4, -0.2) is 4.57 Å². The highest BCUT2D eigenvalue weighted by Crippen LogP contribution is 2.47. The van der Waals surface area contributed by atoms with E-state index in [-0.39, 0.29) is 0 Å². The van der Waals surface area contributed by atoms with E-state index in [0.717, 1.165) is 61.4 Å². The number of aromatic nitrogens is 1. The highest BCUT2D eigenvalue weighted by atomic mass is 16.3. The number of rotatable bonds is 7. The van der Waals surface area contributed by atoms with E-state index in [9.17, 15) is 0 Å². The summed E-state index contributed by atoms with van der Waals surface area (Å²) >= 11 is 0. The Balaban J connectivity index is 1.13. The van der Waals surface area contributed by atoms with Gasteiger partial charge in [0.05, 0.1) is 16.7 Å². The van der Waals surface area contributed by atoms with E-state index in [1.54, 1.807) is 0 Å². The SMILES string of the molecule is c1ccc(-c2ccc(N(c3cccc(-c4ccccc4)c3)c3cc(-c4ccc5c(c4)c4ccccc4n5-c4ccccc4)c4c(c3)oc3ccc5ccccc5c34)cc2)cc1. The lowest BCUT2D eigenvalue weighted by molar-refractivity contribution is 0.669. The number of hydrogen-bond acceptors (Lipinski definition) is 2. The van der Waals surface area contributed by atoms with Gasteiger partial charge in [0, 0.05) is 44.7 Å². The highest BCUT2D eigenvalue weighted by molar-refractivity contribution is 6.24. The van der Waals surface area contributed by atoms with Crippen LogP contribution in [-0.2, 0) is 0 Å². The van der Waals surface area contributed by atoms with Gasteiger partial charge in [-0.3, -0.25) is 0 Å². The predicted octanol–water partition coefficient (Wildman–Crippen LogP) is 16.3. The van der Waals surface area contributed by atoms with Gasteiger partial charge in [0.1, 0.15) is 11.2 Å². The van der Waals surface area contributed by atoms with E-state index < -0.39 is 0 Å². The zero-order valence-corrected chi connectivity index (χ0v) is 33.2. The molecule has 0 spiro atoms. The van der Waals surface area contributed by atoms with Crippen LogP contribution in [0.1, 0.15) is 0 Å². The van der Waals surface area contributed by atoms with Crippen LogP contribution in [0.5, 0.6) is 0 Å². The maximum atomic E-state index is 6.94. The van der Waals surface area contributed by atoms with E-state index in [2.05, 4.69) is 240 Å². The standard InChI is InChI=1S/C58H38N2O/c1-4-15-39(16-5-1)41-27-31-46(32-28-41)59(47-23-14-20-43(35-47)40-17-6-2-7-18-40)48-37-51(58-56(38-48)61-55-34-30-42-19-10-11-24-49(42)57(55)58)44-29-33-54-52(36-44)50-25-12-13-26-53(50)60(54)45-21-8-3-9-22-45/h1-38H. The molecule has 61 heavy (non-hydrogen) atoms. The number of benzene rings is 10. The van der Waals surface area contributed by atoms with E-state index in [1.807, 2.05) is 0 Å². The molecule has 286 valence electrons. The van der Waals surface area contributed by atoms with Gasteiger partial charge >= 0.3 is 0 Å². The summed E-state index contributed by atoms with van der Waals surface area (Å²) in [5.41, 5.74) is 15.3. The Morgan fingerprint density at radius 1 is 0.328 bits per heavy atom. The van der Waals surface area contributed by atoms with Crippen LogP contribution >= 0.6 is 0 Å². The van der Waals surface area contributed by atoms with Gasteiger partial charge in [-0.1, -0.05) is 158 Å². The average molecular weight is 779 g/mol. The first kappa shape index (κ1) is 34.9. The molecule has 0 unspecified atom stereocenters.